The topological polar surface area (TPSA) is 44.8 Å². The van der Waals surface area contributed by atoms with E-state index in [2.05, 4.69) is 15.9 Å². The zero-order chi connectivity index (χ0) is 12.6. The molecule has 0 aromatic heterocycles. The molecule has 1 aromatic carbocycles. The maximum Gasteiger partial charge on any atom is 0.204 e. The molecule has 17 heavy (non-hydrogen) atoms. The molecule has 0 aliphatic heterocycles. The first-order chi connectivity index (χ1) is 8.13. The van der Waals surface area contributed by atoms with E-state index in [1.807, 2.05) is 6.07 Å². The number of carbonyl (C=O) groups is 1. The number of alkyl halides is 1. The lowest BCUT2D eigenvalue weighted by molar-refractivity contribution is 0.0999. The van der Waals surface area contributed by atoms with Gasteiger partial charge in [-0.3, -0.25) is 4.79 Å². The predicted octanol–water partition coefficient (Wildman–Crippen LogP) is 2.21. The minimum atomic E-state index is -0.191. The Kier molecular flexibility index (Phi) is 3.28. The highest BCUT2D eigenvalue weighted by Crippen LogP contribution is 2.45. The molecule has 4 nitrogen and oxygen atoms in total. The Hall–Kier alpha value is -1.23. The van der Waals surface area contributed by atoms with E-state index in [9.17, 15) is 4.79 Å². The molecule has 1 aliphatic carbocycles. The zero-order valence-corrected chi connectivity index (χ0v) is 11.5. The van der Waals surface area contributed by atoms with E-state index >= 15 is 0 Å². The first-order valence-electron chi connectivity index (χ1n) is 5.14. The van der Waals surface area contributed by atoms with Crippen LogP contribution < -0.4 is 14.2 Å². The van der Waals surface area contributed by atoms with Gasteiger partial charge in [0.1, 0.15) is 0 Å². The average molecular weight is 301 g/mol. The Balaban J connectivity index is 2.69. The summed E-state index contributed by atoms with van der Waals surface area (Å²) in [6.07, 6.45) is 0.644. The van der Waals surface area contributed by atoms with Crippen LogP contribution in [0, 0.1) is 0 Å². The first-order valence-corrected chi connectivity index (χ1v) is 6.05. The van der Waals surface area contributed by atoms with Gasteiger partial charge in [0.05, 0.1) is 31.7 Å². The van der Waals surface area contributed by atoms with Gasteiger partial charge < -0.3 is 14.2 Å². The van der Waals surface area contributed by atoms with Crippen LogP contribution in [0.4, 0.5) is 0 Å². The van der Waals surface area contributed by atoms with Crippen LogP contribution in [0.5, 0.6) is 17.2 Å². The summed E-state index contributed by atoms with van der Waals surface area (Å²) < 4.78 is 15.8. The maximum atomic E-state index is 12.0. The summed E-state index contributed by atoms with van der Waals surface area (Å²) in [7, 11) is 4.61. The van der Waals surface area contributed by atoms with E-state index in [-0.39, 0.29) is 10.6 Å². The number of Topliss-reactive ketones (excluding diaryl/α,β-unsaturated/α-hetero) is 1. The van der Waals surface area contributed by atoms with Crippen LogP contribution in [0.15, 0.2) is 6.07 Å². The highest BCUT2D eigenvalue weighted by Gasteiger charge is 2.35. The van der Waals surface area contributed by atoms with Gasteiger partial charge in [-0.2, -0.15) is 0 Å². The molecule has 2 rings (SSSR count). The van der Waals surface area contributed by atoms with E-state index in [0.717, 1.165) is 5.56 Å². The Morgan fingerprint density at radius 1 is 1.18 bits per heavy atom. The fourth-order valence-corrected chi connectivity index (χ4v) is 2.66. The van der Waals surface area contributed by atoms with Gasteiger partial charge in [0.15, 0.2) is 17.3 Å². The van der Waals surface area contributed by atoms with E-state index in [4.69, 9.17) is 14.2 Å². The van der Waals surface area contributed by atoms with Crippen molar-refractivity contribution in [2.24, 2.45) is 0 Å². The lowest BCUT2D eigenvalue weighted by atomic mass is 10.1. The second-order valence-corrected chi connectivity index (χ2v) is 4.82. The van der Waals surface area contributed by atoms with Crippen molar-refractivity contribution in [2.75, 3.05) is 21.3 Å². The molecule has 0 spiro atoms. The van der Waals surface area contributed by atoms with Gasteiger partial charge in [0, 0.05) is 0 Å². The lowest BCUT2D eigenvalue weighted by Crippen LogP contribution is -2.08. The van der Waals surface area contributed by atoms with Crippen LogP contribution in [0.3, 0.4) is 0 Å². The summed E-state index contributed by atoms with van der Waals surface area (Å²) >= 11 is 3.35. The molecular weight excluding hydrogens is 288 g/mol. The number of ether oxygens (including phenoxy) is 3. The summed E-state index contributed by atoms with van der Waals surface area (Å²) in [6, 6.07) is 1.83. The second-order valence-electron chi connectivity index (χ2n) is 3.72. The molecule has 0 bridgehead atoms. The molecule has 0 radical (unpaired) electrons. The summed E-state index contributed by atoms with van der Waals surface area (Å²) in [5.74, 6) is 1.52. The summed E-state index contributed by atoms with van der Waals surface area (Å²) in [5, 5.41) is 0. The molecule has 0 saturated carbocycles. The Labute approximate surface area is 108 Å². The van der Waals surface area contributed by atoms with Crippen molar-refractivity contribution in [2.45, 2.75) is 11.2 Å². The van der Waals surface area contributed by atoms with Gasteiger partial charge in [-0.15, -0.1) is 0 Å². The fraction of sp³-hybridized carbons (Fsp3) is 0.417. The summed E-state index contributed by atoms with van der Waals surface area (Å²) in [6.45, 7) is 0. The van der Waals surface area contributed by atoms with Crippen molar-refractivity contribution in [3.8, 4) is 17.2 Å². The molecule has 1 aromatic rings. The molecule has 1 unspecified atom stereocenters. The van der Waals surface area contributed by atoms with E-state index < -0.39 is 0 Å². The standard InChI is InChI=1S/C12H13BrO4/c1-15-8-5-6-4-7(13)10(14)9(6)12(17-3)11(8)16-2/h5,7H,4H2,1-3H3. The number of benzene rings is 1. The van der Waals surface area contributed by atoms with Gasteiger partial charge >= 0.3 is 0 Å². The Bertz CT molecular complexity index is 470. The van der Waals surface area contributed by atoms with Crippen LogP contribution in [-0.4, -0.2) is 31.9 Å². The van der Waals surface area contributed by atoms with Crippen molar-refractivity contribution in [3.05, 3.63) is 17.2 Å². The van der Waals surface area contributed by atoms with Crippen LogP contribution in [0.25, 0.3) is 0 Å². The first kappa shape index (κ1) is 12.2. The van der Waals surface area contributed by atoms with Crippen LogP contribution in [0.1, 0.15) is 15.9 Å². The summed E-state index contributed by atoms with van der Waals surface area (Å²) in [5.41, 5.74) is 1.51. The van der Waals surface area contributed by atoms with Gasteiger partial charge in [-0.05, 0) is 18.1 Å². The number of carbonyl (C=O) groups excluding carboxylic acids is 1. The van der Waals surface area contributed by atoms with Gasteiger partial charge in [0.25, 0.3) is 0 Å². The van der Waals surface area contributed by atoms with Crippen LogP contribution in [0.2, 0.25) is 0 Å². The molecular formula is C12H13BrO4. The zero-order valence-electron chi connectivity index (χ0n) is 9.87. The van der Waals surface area contributed by atoms with Crippen molar-refractivity contribution >= 4 is 21.7 Å². The molecule has 0 saturated heterocycles. The molecule has 1 aliphatic rings. The van der Waals surface area contributed by atoms with Gasteiger partial charge in [-0.25, -0.2) is 0 Å². The summed E-state index contributed by atoms with van der Waals surface area (Å²) in [4.78, 5) is 11.8. The van der Waals surface area contributed by atoms with Crippen molar-refractivity contribution in [1.82, 2.24) is 0 Å². The maximum absolute atomic E-state index is 12.0. The van der Waals surface area contributed by atoms with Crippen molar-refractivity contribution < 1.29 is 19.0 Å². The molecule has 0 N–H and O–H groups in total. The smallest absolute Gasteiger partial charge is 0.204 e. The molecule has 92 valence electrons. The number of fused-ring (bicyclic) bond motifs is 1. The predicted molar refractivity (Wildman–Crippen MR) is 66.8 cm³/mol. The highest BCUT2D eigenvalue weighted by molar-refractivity contribution is 9.10. The average Bonchev–Trinajstić information content (AvgIpc) is 2.62. The largest absolute Gasteiger partial charge is 0.493 e. The Morgan fingerprint density at radius 3 is 2.35 bits per heavy atom. The molecule has 0 heterocycles. The van der Waals surface area contributed by atoms with E-state index in [0.29, 0.717) is 29.2 Å². The number of hydrogen-bond donors (Lipinski definition) is 0. The lowest BCUT2D eigenvalue weighted by Gasteiger charge is -2.15. The number of methoxy groups -OCH3 is 3. The monoisotopic (exact) mass is 300 g/mol. The molecule has 1 atom stereocenters. The van der Waals surface area contributed by atoms with Crippen molar-refractivity contribution in [1.29, 1.82) is 0 Å². The normalized spacial score (nSPS) is 17.9. The number of rotatable bonds is 3. The molecule has 0 amide bonds. The Morgan fingerprint density at radius 2 is 1.82 bits per heavy atom. The minimum Gasteiger partial charge on any atom is -0.493 e. The third kappa shape index (κ3) is 1.78. The number of halogens is 1. The SMILES string of the molecule is COc1cc2c(c(OC)c1OC)C(=O)C(Br)C2. The van der Waals surface area contributed by atoms with E-state index in [1.54, 1.807) is 7.11 Å². The highest BCUT2D eigenvalue weighted by atomic mass is 79.9. The minimum absolute atomic E-state index is 0.0257. The fourth-order valence-electron chi connectivity index (χ4n) is 2.08. The number of hydrogen-bond acceptors (Lipinski definition) is 4. The van der Waals surface area contributed by atoms with Gasteiger partial charge in [0.2, 0.25) is 5.75 Å². The quantitative estimate of drug-likeness (QED) is 0.803. The third-order valence-corrected chi connectivity index (χ3v) is 3.58. The molecule has 0 fully saturated rings. The van der Waals surface area contributed by atoms with Crippen molar-refractivity contribution in [3.63, 3.8) is 0 Å². The van der Waals surface area contributed by atoms with E-state index in [1.165, 1.54) is 14.2 Å². The van der Waals surface area contributed by atoms with Gasteiger partial charge in [-0.1, -0.05) is 15.9 Å². The number of ketones is 1. The van der Waals surface area contributed by atoms with Crippen LogP contribution in [-0.2, 0) is 6.42 Å². The second kappa shape index (κ2) is 4.56. The van der Waals surface area contributed by atoms with Crippen LogP contribution >= 0.6 is 15.9 Å². The third-order valence-electron chi connectivity index (χ3n) is 2.84. The molecule has 5 heteroatoms.